The molecule has 0 aliphatic carbocycles. The zero-order chi connectivity index (χ0) is 15.3. The number of carbonyl (C=O) groups is 2. The van der Waals surface area contributed by atoms with Crippen molar-refractivity contribution < 1.29 is 19.8 Å². The minimum absolute atomic E-state index is 0.459. The minimum atomic E-state index is -1.72. The van der Waals surface area contributed by atoms with Gasteiger partial charge in [0.05, 0.1) is 6.04 Å². The smallest absolute Gasteiger partial charge is 0.335 e. The van der Waals surface area contributed by atoms with Crippen LogP contribution in [0, 0.1) is 0 Å². The van der Waals surface area contributed by atoms with Crippen LogP contribution in [0.25, 0.3) is 0 Å². The molecular weight excluding hydrogens is 260 g/mol. The van der Waals surface area contributed by atoms with Crippen LogP contribution in [-0.4, -0.2) is 33.9 Å². The molecule has 110 valence electrons. The summed E-state index contributed by atoms with van der Waals surface area (Å²) in [7, 11) is 0. The lowest BCUT2D eigenvalue weighted by Crippen LogP contribution is -2.50. The predicted molar refractivity (Wildman–Crippen MR) is 74.2 cm³/mol. The van der Waals surface area contributed by atoms with Crippen LogP contribution in [0.5, 0.6) is 0 Å². The van der Waals surface area contributed by atoms with Gasteiger partial charge in [-0.2, -0.15) is 0 Å². The highest BCUT2D eigenvalue weighted by molar-refractivity contribution is 5.78. The maximum atomic E-state index is 11.8. The van der Waals surface area contributed by atoms with E-state index in [1.165, 1.54) is 0 Å². The lowest BCUT2D eigenvalue weighted by atomic mass is 10.0. The third-order valence-electron chi connectivity index (χ3n) is 2.50. The summed E-state index contributed by atoms with van der Waals surface area (Å²) in [6, 6.07) is 6.92. The fraction of sp³-hybridized carbons (Fsp3) is 0.429. The largest absolute Gasteiger partial charge is 0.479 e. The van der Waals surface area contributed by atoms with E-state index in [-0.39, 0.29) is 0 Å². The molecule has 1 rings (SSSR count). The van der Waals surface area contributed by atoms with Gasteiger partial charge in [-0.15, -0.1) is 0 Å². The van der Waals surface area contributed by atoms with Crippen molar-refractivity contribution >= 4 is 12.0 Å². The second-order valence-electron chi connectivity index (χ2n) is 5.52. The average molecular weight is 280 g/mol. The number of benzene rings is 1. The van der Waals surface area contributed by atoms with Crippen molar-refractivity contribution in [3.05, 3.63) is 35.9 Å². The molecule has 4 N–H and O–H groups in total. The normalized spacial score (nSPS) is 14.2. The number of hydrogen-bond donors (Lipinski definition) is 4. The molecule has 1 aromatic carbocycles. The predicted octanol–water partition coefficient (Wildman–Crippen LogP) is 1.27. The summed E-state index contributed by atoms with van der Waals surface area (Å²) >= 11 is 0. The van der Waals surface area contributed by atoms with Gasteiger partial charge in [0.15, 0.2) is 6.10 Å². The first kappa shape index (κ1) is 16.0. The van der Waals surface area contributed by atoms with Crippen LogP contribution in [0.15, 0.2) is 30.3 Å². The van der Waals surface area contributed by atoms with Crippen molar-refractivity contribution in [3.63, 3.8) is 0 Å². The van der Waals surface area contributed by atoms with Crippen molar-refractivity contribution in [1.82, 2.24) is 10.6 Å². The highest BCUT2D eigenvalue weighted by atomic mass is 16.4. The van der Waals surface area contributed by atoms with Crippen LogP contribution in [0.1, 0.15) is 32.4 Å². The summed E-state index contributed by atoms with van der Waals surface area (Å²) in [4.78, 5) is 22.8. The molecule has 0 heterocycles. The molecule has 1 aromatic rings. The molecule has 0 aromatic heterocycles. The molecule has 0 bridgehead atoms. The SMILES string of the molecule is CC(C)(C)NC(=O)N[C@@H](c1ccccc1)[C@@H](O)C(=O)O. The van der Waals surface area contributed by atoms with E-state index in [0.717, 1.165) is 0 Å². The van der Waals surface area contributed by atoms with Crippen LogP contribution < -0.4 is 10.6 Å². The van der Waals surface area contributed by atoms with Crippen molar-refractivity contribution in [1.29, 1.82) is 0 Å². The zero-order valence-electron chi connectivity index (χ0n) is 11.8. The third kappa shape index (κ3) is 4.89. The summed E-state index contributed by atoms with van der Waals surface area (Å²) in [5, 5.41) is 23.8. The summed E-state index contributed by atoms with van der Waals surface area (Å²) in [5.74, 6) is -1.39. The number of nitrogens with one attached hydrogen (secondary N) is 2. The van der Waals surface area contributed by atoms with E-state index in [1.54, 1.807) is 51.1 Å². The number of rotatable bonds is 4. The van der Waals surface area contributed by atoms with E-state index in [9.17, 15) is 14.7 Å². The van der Waals surface area contributed by atoms with Gasteiger partial charge in [-0.05, 0) is 26.3 Å². The van der Waals surface area contributed by atoms with Gasteiger partial charge in [0.2, 0.25) is 0 Å². The van der Waals surface area contributed by atoms with E-state index in [4.69, 9.17) is 5.11 Å². The number of hydrogen-bond acceptors (Lipinski definition) is 3. The van der Waals surface area contributed by atoms with Crippen LogP contribution in [0.3, 0.4) is 0 Å². The van der Waals surface area contributed by atoms with Gasteiger partial charge in [0.1, 0.15) is 0 Å². The quantitative estimate of drug-likeness (QED) is 0.667. The van der Waals surface area contributed by atoms with Crippen LogP contribution in [-0.2, 0) is 4.79 Å². The number of carbonyl (C=O) groups excluding carboxylic acids is 1. The third-order valence-corrected chi connectivity index (χ3v) is 2.50. The standard InChI is InChI=1S/C14H20N2O4/c1-14(2,3)16-13(20)15-10(11(17)12(18)19)9-7-5-4-6-8-9/h4-8,10-11,17H,1-3H3,(H,18,19)(H2,15,16,20)/t10-,11+/m0/s1. The molecule has 20 heavy (non-hydrogen) atoms. The molecule has 2 amide bonds. The number of carboxylic acid groups (broad SMARTS) is 1. The second kappa shape index (κ2) is 6.38. The van der Waals surface area contributed by atoms with Gasteiger partial charge in [0, 0.05) is 5.54 Å². The van der Waals surface area contributed by atoms with Gasteiger partial charge in [-0.1, -0.05) is 30.3 Å². The molecule has 0 aliphatic rings. The van der Waals surface area contributed by atoms with Crippen molar-refractivity contribution in [2.75, 3.05) is 0 Å². The lowest BCUT2D eigenvalue weighted by molar-refractivity contribution is -0.148. The first-order valence-electron chi connectivity index (χ1n) is 6.25. The Labute approximate surface area is 117 Å². The van der Waals surface area contributed by atoms with Gasteiger partial charge in [0.25, 0.3) is 0 Å². The van der Waals surface area contributed by atoms with E-state index in [1.807, 2.05) is 0 Å². The molecule has 0 spiro atoms. The molecule has 6 heteroatoms. The number of aliphatic hydroxyl groups is 1. The Bertz CT molecular complexity index is 468. The zero-order valence-corrected chi connectivity index (χ0v) is 11.8. The van der Waals surface area contributed by atoms with Gasteiger partial charge >= 0.3 is 12.0 Å². The average Bonchev–Trinajstić information content (AvgIpc) is 2.34. The number of amides is 2. The Morgan fingerprint density at radius 2 is 1.70 bits per heavy atom. The van der Waals surface area contributed by atoms with Gasteiger partial charge in [-0.3, -0.25) is 0 Å². The molecule has 0 aliphatic heterocycles. The number of aliphatic carboxylic acids is 1. The van der Waals surface area contributed by atoms with Gasteiger partial charge < -0.3 is 20.8 Å². The second-order valence-corrected chi connectivity index (χ2v) is 5.52. The Balaban J connectivity index is 2.90. The van der Waals surface area contributed by atoms with E-state index in [2.05, 4.69) is 10.6 Å². The Morgan fingerprint density at radius 3 is 2.15 bits per heavy atom. The van der Waals surface area contributed by atoms with Gasteiger partial charge in [-0.25, -0.2) is 9.59 Å². The Morgan fingerprint density at radius 1 is 1.15 bits per heavy atom. The topological polar surface area (TPSA) is 98.7 Å². The molecule has 0 saturated carbocycles. The molecule has 0 unspecified atom stereocenters. The fourth-order valence-corrected chi connectivity index (χ4v) is 1.67. The Kier molecular flexibility index (Phi) is 5.10. The molecule has 0 saturated heterocycles. The molecule has 0 fully saturated rings. The number of carboxylic acids is 1. The van der Waals surface area contributed by atoms with Crippen LogP contribution >= 0.6 is 0 Å². The summed E-state index contributed by atoms with van der Waals surface area (Å²) in [5.41, 5.74) is 0.0610. The highest BCUT2D eigenvalue weighted by Gasteiger charge is 2.29. The Hall–Kier alpha value is -2.08. The molecule has 2 atom stereocenters. The summed E-state index contributed by atoms with van der Waals surface area (Å²) < 4.78 is 0. The monoisotopic (exact) mass is 280 g/mol. The van der Waals surface area contributed by atoms with E-state index in [0.29, 0.717) is 5.56 Å². The van der Waals surface area contributed by atoms with E-state index < -0.39 is 29.7 Å². The maximum absolute atomic E-state index is 11.8. The first-order chi connectivity index (χ1) is 9.20. The first-order valence-corrected chi connectivity index (χ1v) is 6.25. The van der Waals surface area contributed by atoms with Crippen molar-refractivity contribution in [2.24, 2.45) is 0 Å². The maximum Gasteiger partial charge on any atom is 0.335 e. The number of aliphatic hydroxyl groups excluding tert-OH is 1. The van der Waals surface area contributed by atoms with Crippen molar-refractivity contribution in [2.45, 2.75) is 38.5 Å². The molecule has 6 nitrogen and oxygen atoms in total. The van der Waals surface area contributed by atoms with Crippen LogP contribution in [0.2, 0.25) is 0 Å². The molecular formula is C14H20N2O4. The minimum Gasteiger partial charge on any atom is -0.479 e. The highest BCUT2D eigenvalue weighted by Crippen LogP contribution is 2.17. The van der Waals surface area contributed by atoms with Crippen LogP contribution in [0.4, 0.5) is 4.79 Å². The number of urea groups is 1. The fourth-order valence-electron chi connectivity index (χ4n) is 1.67. The van der Waals surface area contributed by atoms with E-state index >= 15 is 0 Å². The summed E-state index contributed by atoms with van der Waals surface area (Å²) in [6.45, 7) is 5.41. The molecule has 0 radical (unpaired) electrons. The van der Waals surface area contributed by atoms with Crippen molar-refractivity contribution in [3.8, 4) is 0 Å². The summed E-state index contributed by atoms with van der Waals surface area (Å²) in [6.07, 6.45) is -1.72. The lowest BCUT2D eigenvalue weighted by Gasteiger charge is -2.26.